The van der Waals surface area contributed by atoms with Crippen molar-refractivity contribution in [1.29, 1.82) is 0 Å². The number of aromatic nitrogens is 4. The monoisotopic (exact) mass is 391 g/mol. The van der Waals surface area contributed by atoms with E-state index in [1.807, 2.05) is 36.4 Å². The van der Waals surface area contributed by atoms with Crippen LogP contribution in [0, 0.1) is 5.82 Å². The molecule has 2 heterocycles. The van der Waals surface area contributed by atoms with Gasteiger partial charge in [0.15, 0.2) is 0 Å². The van der Waals surface area contributed by atoms with Gasteiger partial charge in [0.25, 0.3) is 0 Å². The maximum absolute atomic E-state index is 13.1. The minimum Gasteiger partial charge on any atom is -0.467 e. The molecule has 1 amide bonds. The van der Waals surface area contributed by atoms with Crippen molar-refractivity contribution < 1.29 is 13.6 Å². The molecule has 4 aromatic rings. The summed E-state index contributed by atoms with van der Waals surface area (Å²) in [6.45, 7) is 0.696. The number of rotatable bonds is 7. The molecule has 0 fully saturated rings. The van der Waals surface area contributed by atoms with Crippen molar-refractivity contribution in [2.24, 2.45) is 0 Å². The predicted molar refractivity (Wildman–Crippen MR) is 103 cm³/mol. The largest absolute Gasteiger partial charge is 0.467 e. The summed E-state index contributed by atoms with van der Waals surface area (Å²) in [4.78, 5) is 15.9. The lowest BCUT2D eigenvalue weighted by molar-refractivity contribution is -0.133. The van der Waals surface area contributed by atoms with Gasteiger partial charge in [0, 0.05) is 12.1 Å². The number of hydrogen-bond donors (Lipinski definition) is 0. The fraction of sp³-hybridized carbons (Fsp3) is 0.143. The van der Waals surface area contributed by atoms with Gasteiger partial charge in [-0.25, -0.2) is 4.39 Å². The van der Waals surface area contributed by atoms with Crippen LogP contribution >= 0.6 is 0 Å². The molecule has 0 aliphatic carbocycles. The molecule has 0 N–H and O–H groups in total. The van der Waals surface area contributed by atoms with Crippen LogP contribution in [-0.4, -0.2) is 31.0 Å². The number of benzene rings is 2. The normalized spacial score (nSPS) is 10.8. The smallest absolute Gasteiger partial charge is 0.246 e. The molecule has 0 aliphatic rings. The molecular weight excluding hydrogens is 373 g/mol. The highest BCUT2D eigenvalue weighted by Gasteiger charge is 2.18. The second-order valence-corrected chi connectivity index (χ2v) is 6.47. The number of hydrogen-bond acceptors (Lipinski definition) is 5. The van der Waals surface area contributed by atoms with Crippen LogP contribution in [0.2, 0.25) is 0 Å². The highest BCUT2D eigenvalue weighted by molar-refractivity contribution is 5.75. The SMILES string of the molecule is O=C(Cn1nnc(-c2ccc(F)cc2)n1)N(Cc1ccccc1)Cc1ccco1. The van der Waals surface area contributed by atoms with E-state index in [-0.39, 0.29) is 18.3 Å². The molecule has 0 bridgehead atoms. The van der Waals surface area contributed by atoms with Crippen molar-refractivity contribution in [2.45, 2.75) is 19.6 Å². The third-order valence-electron chi connectivity index (χ3n) is 4.33. The lowest BCUT2D eigenvalue weighted by Crippen LogP contribution is -2.33. The third kappa shape index (κ3) is 4.73. The number of furan rings is 1. The van der Waals surface area contributed by atoms with Gasteiger partial charge in [0.05, 0.1) is 12.8 Å². The van der Waals surface area contributed by atoms with E-state index in [0.717, 1.165) is 5.56 Å². The maximum atomic E-state index is 13.1. The summed E-state index contributed by atoms with van der Waals surface area (Å²) in [5.74, 6) is 0.505. The number of amides is 1. The molecule has 7 nitrogen and oxygen atoms in total. The van der Waals surface area contributed by atoms with Gasteiger partial charge in [0.2, 0.25) is 11.7 Å². The fourth-order valence-electron chi connectivity index (χ4n) is 2.87. The Hall–Kier alpha value is -3.81. The molecule has 0 radical (unpaired) electrons. The Balaban J connectivity index is 1.49. The van der Waals surface area contributed by atoms with Gasteiger partial charge >= 0.3 is 0 Å². The first-order valence-corrected chi connectivity index (χ1v) is 9.05. The summed E-state index contributed by atoms with van der Waals surface area (Å²) in [5.41, 5.74) is 1.63. The zero-order valence-electron chi connectivity index (χ0n) is 15.5. The van der Waals surface area contributed by atoms with E-state index in [4.69, 9.17) is 4.42 Å². The minimum atomic E-state index is -0.342. The molecule has 29 heavy (non-hydrogen) atoms. The molecular formula is C21H18FN5O2. The van der Waals surface area contributed by atoms with Gasteiger partial charge in [-0.3, -0.25) is 4.79 Å². The summed E-state index contributed by atoms with van der Waals surface area (Å²) >= 11 is 0. The molecule has 0 saturated heterocycles. The second kappa shape index (κ2) is 8.47. The van der Waals surface area contributed by atoms with Gasteiger partial charge in [-0.2, -0.15) is 4.80 Å². The first kappa shape index (κ1) is 18.5. The van der Waals surface area contributed by atoms with Crippen LogP contribution < -0.4 is 0 Å². The van der Waals surface area contributed by atoms with E-state index in [9.17, 15) is 9.18 Å². The van der Waals surface area contributed by atoms with Crippen molar-refractivity contribution in [3.8, 4) is 11.4 Å². The lowest BCUT2D eigenvalue weighted by Gasteiger charge is -2.21. The summed E-state index contributed by atoms with van der Waals surface area (Å²) in [5, 5.41) is 12.1. The Morgan fingerprint density at radius 2 is 1.79 bits per heavy atom. The molecule has 2 aromatic heterocycles. The van der Waals surface area contributed by atoms with Gasteiger partial charge in [-0.15, -0.1) is 10.2 Å². The topological polar surface area (TPSA) is 77.1 Å². The van der Waals surface area contributed by atoms with E-state index in [0.29, 0.717) is 30.2 Å². The van der Waals surface area contributed by atoms with Gasteiger partial charge < -0.3 is 9.32 Å². The predicted octanol–water partition coefficient (Wildman–Crippen LogP) is 3.30. The highest BCUT2D eigenvalue weighted by atomic mass is 19.1. The summed E-state index contributed by atoms with van der Waals surface area (Å²) in [6.07, 6.45) is 1.58. The summed E-state index contributed by atoms with van der Waals surface area (Å²) in [6, 6.07) is 19.1. The molecule has 4 rings (SSSR count). The molecule has 146 valence electrons. The average Bonchev–Trinajstić information content (AvgIpc) is 3.41. The Morgan fingerprint density at radius 3 is 2.52 bits per heavy atom. The quantitative estimate of drug-likeness (QED) is 0.483. The molecule has 0 atom stereocenters. The van der Waals surface area contributed by atoms with Gasteiger partial charge in [-0.1, -0.05) is 30.3 Å². The van der Waals surface area contributed by atoms with Crippen LogP contribution in [0.3, 0.4) is 0 Å². The van der Waals surface area contributed by atoms with Crippen molar-refractivity contribution >= 4 is 5.91 Å². The van der Waals surface area contributed by atoms with E-state index in [1.54, 1.807) is 29.4 Å². The Kier molecular flexibility index (Phi) is 5.42. The highest BCUT2D eigenvalue weighted by Crippen LogP contribution is 2.15. The Morgan fingerprint density at radius 1 is 1.00 bits per heavy atom. The van der Waals surface area contributed by atoms with Crippen LogP contribution in [0.25, 0.3) is 11.4 Å². The number of nitrogens with zero attached hydrogens (tertiary/aromatic N) is 5. The lowest BCUT2D eigenvalue weighted by atomic mass is 10.2. The van der Waals surface area contributed by atoms with Gasteiger partial charge in [0.1, 0.15) is 18.1 Å². The number of carbonyl (C=O) groups excluding carboxylic acids is 1. The standard InChI is InChI=1S/C21H18FN5O2/c22-18-10-8-17(9-11-18)21-23-25-27(24-21)15-20(28)26(14-19-7-4-12-29-19)13-16-5-2-1-3-6-16/h1-12H,13-15H2. The first-order valence-electron chi connectivity index (χ1n) is 9.05. The van der Waals surface area contributed by atoms with Crippen LogP contribution in [0.1, 0.15) is 11.3 Å². The van der Waals surface area contributed by atoms with Crippen molar-refractivity contribution in [2.75, 3.05) is 0 Å². The van der Waals surface area contributed by atoms with Gasteiger partial charge in [-0.05, 0) is 47.2 Å². The fourth-order valence-corrected chi connectivity index (χ4v) is 2.87. The van der Waals surface area contributed by atoms with E-state index < -0.39 is 0 Å². The van der Waals surface area contributed by atoms with Crippen molar-refractivity contribution in [1.82, 2.24) is 25.1 Å². The van der Waals surface area contributed by atoms with E-state index in [2.05, 4.69) is 15.4 Å². The molecule has 2 aromatic carbocycles. The summed E-state index contributed by atoms with van der Waals surface area (Å²) < 4.78 is 18.5. The molecule has 0 spiro atoms. The van der Waals surface area contributed by atoms with Crippen LogP contribution in [0.5, 0.6) is 0 Å². The number of tetrazole rings is 1. The zero-order chi connectivity index (χ0) is 20.1. The molecule has 8 heteroatoms. The number of halogens is 1. The zero-order valence-corrected chi connectivity index (χ0v) is 15.5. The number of carbonyl (C=O) groups is 1. The molecule has 0 saturated carbocycles. The van der Waals surface area contributed by atoms with Crippen molar-refractivity contribution in [3.05, 3.63) is 90.1 Å². The molecule has 0 aliphatic heterocycles. The third-order valence-corrected chi connectivity index (χ3v) is 4.33. The van der Waals surface area contributed by atoms with Crippen LogP contribution in [-0.2, 0) is 24.4 Å². The molecule has 0 unspecified atom stereocenters. The van der Waals surface area contributed by atoms with E-state index in [1.165, 1.54) is 16.9 Å². The minimum absolute atomic E-state index is 0.0677. The Bertz CT molecular complexity index is 1060. The first-order chi connectivity index (χ1) is 14.2. The second-order valence-electron chi connectivity index (χ2n) is 6.47. The maximum Gasteiger partial charge on any atom is 0.246 e. The average molecular weight is 391 g/mol. The van der Waals surface area contributed by atoms with E-state index >= 15 is 0 Å². The summed E-state index contributed by atoms with van der Waals surface area (Å²) in [7, 11) is 0. The van der Waals surface area contributed by atoms with Crippen LogP contribution in [0.15, 0.2) is 77.4 Å². The van der Waals surface area contributed by atoms with Crippen molar-refractivity contribution in [3.63, 3.8) is 0 Å². The Labute approximate surface area is 166 Å². The van der Waals surface area contributed by atoms with Crippen LogP contribution in [0.4, 0.5) is 4.39 Å².